The Bertz CT molecular complexity index is 346. The summed E-state index contributed by atoms with van der Waals surface area (Å²) >= 11 is 0. The highest BCUT2D eigenvalue weighted by molar-refractivity contribution is 5.94. The lowest BCUT2D eigenvalue weighted by atomic mass is 10.2. The van der Waals surface area contributed by atoms with Crippen molar-refractivity contribution >= 4 is 11.6 Å². The number of nitrogens with two attached hydrogens (primary N) is 1. The Morgan fingerprint density at radius 3 is 2.19 bits per heavy atom. The molecule has 0 saturated carbocycles. The van der Waals surface area contributed by atoms with Gasteiger partial charge in [0.2, 0.25) is 0 Å². The number of anilines is 1. The molecular formula is C12H19N3O. The van der Waals surface area contributed by atoms with Crippen molar-refractivity contribution in [3.05, 3.63) is 29.8 Å². The first-order valence-electron chi connectivity index (χ1n) is 5.29. The van der Waals surface area contributed by atoms with E-state index in [0.29, 0.717) is 18.7 Å². The quantitative estimate of drug-likeness (QED) is 0.817. The highest BCUT2D eigenvalue weighted by Gasteiger charge is 2.10. The average Bonchev–Trinajstić information content (AvgIpc) is 2.28. The SMILES string of the molecule is CN(CCN)C(=O)c1ccc(N(C)C)cc1. The zero-order chi connectivity index (χ0) is 12.1. The van der Waals surface area contributed by atoms with Crippen LogP contribution in [0.25, 0.3) is 0 Å². The van der Waals surface area contributed by atoms with Crippen LogP contribution in [0.3, 0.4) is 0 Å². The third-order valence-electron chi connectivity index (χ3n) is 2.44. The van der Waals surface area contributed by atoms with Crippen molar-refractivity contribution in [1.29, 1.82) is 0 Å². The highest BCUT2D eigenvalue weighted by atomic mass is 16.2. The molecule has 88 valence electrons. The van der Waals surface area contributed by atoms with E-state index in [1.165, 1.54) is 0 Å². The average molecular weight is 221 g/mol. The second-order valence-electron chi connectivity index (χ2n) is 3.96. The topological polar surface area (TPSA) is 49.6 Å². The van der Waals surface area contributed by atoms with Crippen LogP contribution in [0, 0.1) is 0 Å². The van der Waals surface area contributed by atoms with E-state index in [1.54, 1.807) is 11.9 Å². The smallest absolute Gasteiger partial charge is 0.253 e. The molecule has 0 aliphatic rings. The van der Waals surface area contributed by atoms with Crippen LogP contribution in [-0.2, 0) is 0 Å². The minimum Gasteiger partial charge on any atom is -0.378 e. The molecule has 0 heterocycles. The molecular weight excluding hydrogens is 202 g/mol. The number of benzene rings is 1. The van der Waals surface area contributed by atoms with E-state index in [2.05, 4.69) is 0 Å². The lowest BCUT2D eigenvalue weighted by Gasteiger charge is -2.17. The fourth-order valence-electron chi connectivity index (χ4n) is 1.42. The molecule has 2 N–H and O–H groups in total. The van der Waals surface area contributed by atoms with Gasteiger partial charge in [0.1, 0.15) is 0 Å². The molecule has 0 atom stereocenters. The molecule has 0 fully saturated rings. The van der Waals surface area contributed by atoms with E-state index in [9.17, 15) is 4.79 Å². The minimum absolute atomic E-state index is 0.00996. The maximum Gasteiger partial charge on any atom is 0.253 e. The highest BCUT2D eigenvalue weighted by Crippen LogP contribution is 2.13. The van der Waals surface area contributed by atoms with Crippen molar-refractivity contribution < 1.29 is 4.79 Å². The first kappa shape index (κ1) is 12.5. The van der Waals surface area contributed by atoms with Crippen molar-refractivity contribution in [3.63, 3.8) is 0 Å². The lowest BCUT2D eigenvalue weighted by molar-refractivity contribution is 0.0799. The second-order valence-corrected chi connectivity index (χ2v) is 3.96. The summed E-state index contributed by atoms with van der Waals surface area (Å²) < 4.78 is 0. The Kier molecular flexibility index (Phi) is 4.31. The molecule has 0 radical (unpaired) electrons. The molecule has 1 aromatic carbocycles. The van der Waals surface area contributed by atoms with Crippen LogP contribution >= 0.6 is 0 Å². The van der Waals surface area contributed by atoms with E-state index in [0.717, 1.165) is 5.69 Å². The monoisotopic (exact) mass is 221 g/mol. The first-order valence-corrected chi connectivity index (χ1v) is 5.29. The van der Waals surface area contributed by atoms with Gasteiger partial charge in [0.15, 0.2) is 0 Å². The molecule has 4 nitrogen and oxygen atoms in total. The first-order chi connectivity index (χ1) is 7.56. The molecule has 1 amide bonds. The van der Waals surface area contributed by atoms with Crippen LogP contribution in [0.15, 0.2) is 24.3 Å². The Morgan fingerprint density at radius 2 is 1.75 bits per heavy atom. The van der Waals surface area contributed by atoms with Gasteiger partial charge in [-0.3, -0.25) is 4.79 Å². The maximum atomic E-state index is 11.9. The number of carbonyl (C=O) groups excluding carboxylic acids is 1. The maximum absolute atomic E-state index is 11.9. The Hall–Kier alpha value is -1.55. The fourth-order valence-corrected chi connectivity index (χ4v) is 1.42. The van der Waals surface area contributed by atoms with Gasteiger partial charge in [0.05, 0.1) is 0 Å². The molecule has 0 saturated heterocycles. The van der Waals surface area contributed by atoms with Crippen molar-refractivity contribution in [3.8, 4) is 0 Å². The normalized spacial score (nSPS) is 10.0. The Balaban J connectivity index is 2.77. The van der Waals surface area contributed by atoms with Gasteiger partial charge in [0, 0.05) is 45.5 Å². The van der Waals surface area contributed by atoms with E-state index in [1.807, 2.05) is 43.3 Å². The summed E-state index contributed by atoms with van der Waals surface area (Å²) in [6.45, 7) is 1.06. The third-order valence-corrected chi connectivity index (χ3v) is 2.44. The van der Waals surface area contributed by atoms with Crippen molar-refractivity contribution in [1.82, 2.24) is 4.90 Å². The zero-order valence-electron chi connectivity index (χ0n) is 10.1. The van der Waals surface area contributed by atoms with Crippen LogP contribution in [0.4, 0.5) is 5.69 Å². The third kappa shape index (κ3) is 2.97. The van der Waals surface area contributed by atoms with Crippen LogP contribution in [0.1, 0.15) is 10.4 Å². The Labute approximate surface area is 96.6 Å². The summed E-state index contributed by atoms with van der Waals surface area (Å²) in [5, 5.41) is 0. The number of nitrogens with zero attached hydrogens (tertiary/aromatic N) is 2. The largest absolute Gasteiger partial charge is 0.378 e. The van der Waals surface area contributed by atoms with Crippen LogP contribution in [-0.4, -0.2) is 45.0 Å². The van der Waals surface area contributed by atoms with Gasteiger partial charge < -0.3 is 15.5 Å². The number of amides is 1. The van der Waals surface area contributed by atoms with Crippen molar-refractivity contribution in [2.24, 2.45) is 5.73 Å². The molecule has 1 aromatic rings. The number of likely N-dealkylation sites (N-methyl/N-ethyl adjacent to an activating group) is 1. The summed E-state index contributed by atoms with van der Waals surface area (Å²) in [5.74, 6) is 0.00996. The summed E-state index contributed by atoms with van der Waals surface area (Å²) in [4.78, 5) is 15.5. The second kappa shape index (κ2) is 5.51. The van der Waals surface area contributed by atoms with Gasteiger partial charge in [-0.1, -0.05) is 0 Å². The van der Waals surface area contributed by atoms with Gasteiger partial charge in [-0.15, -0.1) is 0 Å². The van der Waals surface area contributed by atoms with E-state index in [4.69, 9.17) is 5.73 Å². The summed E-state index contributed by atoms with van der Waals surface area (Å²) in [5.41, 5.74) is 7.19. The molecule has 0 spiro atoms. The molecule has 0 aliphatic carbocycles. The standard InChI is InChI=1S/C12H19N3O/c1-14(2)11-6-4-10(5-7-11)12(16)15(3)9-8-13/h4-7H,8-9,13H2,1-3H3. The fraction of sp³-hybridized carbons (Fsp3) is 0.417. The number of rotatable bonds is 4. The predicted molar refractivity (Wildman–Crippen MR) is 66.8 cm³/mol. The van der Waals surface area contributed by atoms with Gasteiger partial charge in [-0.2, -0.15) is 0 Å². The number of hydrogen-bond acceptors (Lipinski definition) is 3. The van der Waals surface area contributed by atoms with Gasteiger partial charge >= 0.3 is 0 Å². The molecule has 0 aliphatic heterocycles. The van der Waals surface area contributed by atoms with Crippen molar-refractivity contribution in [2.45, 2.75) is 0 Å². The van der Waals surface area contributed by atoms with Gasteiger partial charge in [-0.05, 0) is 24.3 Å². The molecule has 0 aromatic heterocycles. The molecule has 0 unspecified atom stereocenters. The molecule has 4 heteroatoms. The minimum atomic E-state index is 0.00996. The number of hydrogen-bond donors (Lipinski definition) is 1. The van der Waals surface area contributed by atoms with Gasteiger partial charge in [0.25, 0.3) is 5.91 Å². The van der Waals surface area contributed by atoms with E-state index in [-0.39, 0.29) is 5.91 Å². The predicted octanol–water partition coefficient (Wildman–Crippen LogP) is 0.783. The molecule has 16 heavy (non-hydrogen) atoms. The molecule has 0 bridgehead atoms. The van der Waals surface area contributed by atoms with Crippen LogP contribution < -0.4 is 10.6 Å². The lowest BCUT2D eigenvalue weighted by Crippen LogP contribution is -2.31. The summed E-state index contributed by atoms with van der Waals surface area (Å²) in [6, 6.07) is 7.54. The van der Waals surface area contributed by atoms with Crippen LogP contribution in [0.5, 0.6) is 0 Å². The van der Waals surface area contributed by atoms with E-state index >= 15 is 0 Å². The summed E-state index contributed by atoms with van der Waals surface area (Å²) in [6.07, 6.45) is 0. The van der Waals surface area contributed by atoms with Crippen molar-refractivity contribution in [2.75, 3.05) is 39.1 Å². The van der Waals surface area contributed by atoms with Gasteiger partial charge in [-0.25, -0.2) is 0 Å². The molecule has 1 rings (SSSR count). The van der Waals surface area contributed by atoms with Crippen LogP contribution in [0.2, 0.25) is 0 Å². The van der Waals surface area contributed by atoms with E-state index < -0.39 is 0 Å². The zero-order valence-corrected chi connectivity index (χ0v) is 10.1. The Morgan fingerprint density at radius 1 is 1.19 bits per heavy atom. The number of carbonyl (C=O) groups is 1. The summed E-state index contributed by atoms with van der Waals surface area (Å²) in [7, 11) is 5.70.